The molecule has 0 N–H and O–H groups in total. The Morgan fingerprint density at radius 1 is 1.25 bits per heavy atom. The molecule has 0 aliphatic heterocycles. The molecule has 0 fully saturated rings. The summed E-state index contributed by atoms with van der Waals surface area (Å²) in [5.41, 5.74) is 0. The van der Waals surface area contributed by atoms with Crippen LogP contribution in [0.15, 0.2) is 0 Å². The van der Waals surface area contributed by atoms with E-state index in [1.807, 2.05) is 0 Å². The SMILES string of the molecule is [C]#CCCCCCC. The largest absolute Gasteiger partial charge is 0.0891 e. The number of unbranched alkanes of at least 4 members (excludes halogenated alkanes) is 4. The van der Waals surface area contributed by atoms with Gasteiger partial charge in [0.05, 0.1) is 0 Å². The molecule has 0 heterocycles. The van der Waals surface area contributed by atoms with Crippen LogP contribution in [0, 0.1) is 12.3 Å². The lowest BCUT2D eigenvalue weighted by Gasteiger charge is -1.90. The van der Waals surface area contributed by atoms with Crippen molar-refractivity contribution in [3.8, 4) is 5.92 Å². The Morgan fingerprint density at radius 2 is 2.00 bits per heavy atom. The second-order valence-electron chi connectivity index (χ2n) is 1.99. The van der Waals surface area contributed by atoms with Crippen LogP contribution in [0.25, 0.3) is 0 Å². The average molecular weight is 109 g/mol. The van der Waals surface area contributed by atoms with E-state index in [0.717, 1.165) is 12.8 Å². The van der Waals surface area contributed by atoms with Crippen LogP contribution in [0.3, 0.4) is 0 Å². The summed E-state index contributed by atoms with van der Waals surface area (Å²) < 4.78 is 0. The zero-order chi connectivity index (χ0) is 6.24. The van der Waals surface area contributed by atoms with Gasteiger partial charge in [0, 0.05) is 6.42 Å². The predicted molar refractivity (Wildman–Crippen MR) is 35.9 cm³/mol. The maximum absolute atomic E-state index is 6.59. The van der Waals surface area contributed by atoms with Crippen molar-refractivity contribution in [2.75, 3.05) is 0 Å². The minimum atomic E-state index is 0.847. The van der Waals surface area contributed by atoms with Gasteiger partial charge in [-0.25, -0.2) is 0 Å². The molecule has 0 nitrogen and oxygen atoms in total. The van der Waals surface area contributed by atoms with Gasteiger partial charge in [-0.2, -0.15) is 0 Å². The topological polar surface area (TPSA) is 0 Å². The van der Waals surface area contributed by atoms with Gasteiger partial charge in [0.15, 0.2) is 0 Å². The van der Waals surface area contributed by atoms with Crippen LogP contribution in [-0.2, 0) is 0 Å². The molecule has 0 amide bonds. The molecule has 45 valence electrons. The van der Waals surface area contributed by atoms with Crippen molar-refractivity contribution in [2.24, 2.45) is 0 Å². The second-order valence-corrected chi connectivity index (χ2v) is 1.99. The fourth-order valence-corrected chi connectivity index (χ4v) is 0.640. The second kappa shape index (κ2) is 6.56. The Bertz CT molecular complexity index is 66.6. The van der Waals surface area contributed by atoms with E-state index < -0.39 is 0 Å². The number of rotatable bonds is 4. The van der Waals surface area contributed by atoms with Crippen molar-refractivity contribution >= 4 is 0 Å². The molecule has 0 aromatic carbocycles. The Labute approximate surface area is 52.3 Å². The van der Waals surface area contributed by atoms with E-state index in [4.69, 9.17) is 6.42 Å². The van der Waals surface area contributed by atoms with Gasteiger partial charge >= 0.3 is 0 Å². The highest BCUT2D eigenvalue weighted by Crippen LogP contribution is 2.00. The van der Waals surface area contributed by atoms with E-state index >= 15 is 0 Å². The molecule has 0 unspecified atom stereocenters. The van der Waals surface area contributed by atoms with Gasteiger partial charge in [0.25, 0.3) is 0 Å². The van der Waals surface area contributed by atoms with Gasteiger partial charge in [0.1, 0.15) is 0 Å². The van der Waals surface area contributed by atoms with Gasteiger partial charge in [-0.15, -0.1) is 0 Å². The molecule has 0 bridgehead atoms. The first-order valence-corrected chi connectivity index (χ1v) is 3.31. The molecule has 0 saturated carbocycles. The minimum Gasteiger partial charge on any atom is -0.0891 e. The summed E-state index contributed by atoms with van der Waals surface area (Å²) in [7, 11) is 0. The number of hydrogen-bond acceptors (Lipinski definition) is 0. The smallest absolute Gasteiger partial charge is 0.00989 e. The summed E-state index contributed by atoms with van der Waals surface area (Å²) in [6.45, 7) is 2.19. The first-order chi connectivity index (χ1) is 3.91. The standard InChI is InChI=1S/C8H13/c1-3-5-7-8-6-4-2/h3,5-8H2,1H3. The zero-order valence-corrected chi connectivity index (χ0v) is 5.54. The minimum absolute atomic E-state index is 0.847. The Balaban J connectivity index is 2.65. The van der Waals surface area contributed by atoms with Crippen molar-refractivity contribution in [2.45, 2.75) is 39.0 Å². The van der Waals surface area contributed by atoms with Crippen LogP contribution < -0.4 is 0 Å². The van der Waals surface area contributed by atoms with Gasteiger partial charge in [-0.05, 0) is 12.8 Å². The van der Waals surface area contributed by atoms with E-state index in [1.165, 1.54) is 19.3 Å². The van der Waals surface area contributed by atoms with Crippen LogP contribution in [0.4, 0.5) is 0 Å². The van der Waals surface area contributed by atoms with Crippen molar-refractivity contribution in [1.29, 1.82) is 0 Å². The van der Waals surface area contributed by atoms with E-state index in [0.29, 0.717) is 0 Å². The summed E-state index contributed by atoms with van der Waals surface area (Å²) in [6.07, 6.45) is 12.4. The Kier molecular flexibility index (Phi) is 6.20. The molecule has 0 aliphatic rings. The van der Waals surface area contributed by atoms with Crippen LogP contribution in [0.5, 0.6) is 0 Å². The molecule has 8 heavy (non-hydrogen) atoms. The lowest BCUT2D eigenvalue weighted by molar-refractivity contribution is 0.679. The van der Waals surface area contributed by atoms with Crippen molar-refractivity contribution in [1.82, 2.24) is 0 Å². The van der Waals surface area contributed by atoms with Crippen LogP contribution in [0.2, 0.25) is 0 Å². The van der Waals surface area contributed by atoms with Crippen molar-refractivity contribution in [3.63, 3.8) is 0 Å². The van der Waals surface area contributed by atoms with E-state index in [2.05, 4.69) is 12.8 Å². The third-order valence-corrected chi connectivity index (χ3v) is 1.16. The highest BCUT2D eigenvalue weighted by Gasteiger charge is 1.82. The van der Waals surface area contributed by atoms with Crippen LogP contribution in [-0.4, -0.2) is 0 Å². The molecular formula is C8H13. The summed E-state index contributed by atoms with van der Waals surface area (Å²) in [4.78, 5) is 0. The molecule has 0 aromatic heterocycles. The highest BCUT2D eigenvalue weighted by molar-refractivity contribution is 4.73. The first kappa shape index (κ1) is 7.56. The maximum atomic E-state index is 6.59. The predicted octanol–water partition coefficient (Wildman–Crippen LogP) is 2.55. The third kappa shape index (κ3) is 5.56. The lowest BCUT2D eigenvalue weighted by atomic mass is 10.2. The number of hydrogen-bond donors (Lipinski definition) is 0. The van der Waals surface area contributed by atoms with E-state index in [1.54, 1.807) is 0 Å². The zero-order valence-electron chi connectivity index (χ0n) is 5.54. The van der Waals surface area contributed by atoms with E-state index in [9.17, 15) is 0 Å². The van der Waals surface area contributed by atoms with Crippen molar-refractivity contribution in [3.05, 3.63) is 6.42 Å². The molecule has 0 heteroatoms. The Hall–Kier alpha value is -0.440. The molecule has 0 aliphatic carbocycles. The van der Waals surface area contributed by atoms with Crippen molar-refractivity contribution < 1.29 is 0 Å². The van der Waals surface area contributed by atoms with Crippen LogP contribution >= 0.6 is 0 Å². The van der Waals surface area contributed by atoms with E-state index in [-0.39, 0.29) is 0 Å². The summed E-state index contributed by atoms with van der Waals surface area (Å²) in [5, 5.41) is 0. The van der Waals surface area contributed by atoms with Gasteiger partial charge in [-0.1, -0.05) is 32.1 Å². The third-order valence-electron chi connectivity index (χ3n) is 1.16. The molecular weight excluding hydrogens is 96.1 g/mol. The normalized spacial score (nSPS) is 8.50. The fourth-order valence-electron chi connectivity index (χ4n) is 0.640. The quantitative estimate of drug-likeness (QED) is 0.384. The first-order valence-electron chi connectivity index (χ1n) is 3.31. The molecule has 0 rings (SSSR count). The maximum Gasteiger partial charge on any atom is 0.00989 e. The highest BCUT2D eigenvalue weighted by atomic mass is 13.9. The summed E-state index contributed by atoms with van der Waals surface area (Å²) >= 11 is 0. The molecule has 1 radical (unpaired) electrons. The van der Waals surface area contributed by atoms with Crippen LogP contribution in [0.1, 0.15) is 39.0 Å². The molecule has 0 aromatic rings. The monoisotopic (exact) mass is 109 g/mol. The average Bonchev–Trinajstić information content (AvgIpc) is 1.81. The molecule has 0 atom stereocenters. The molecule has 0 saturated heterocycles. The Morgan fingerprint density at radius 3 is 2.50 bits per heavy atom. The summed E-state index contributed by atoms with van der Waals surface area (Å²) in [5.74, 6) is 2.38. The summed E-state index contributed by atoms with van der Waals surface area (Å²) in [6, 6.07) is 0. The molecule has 0 spiro atoms. The fraction of sp³-hybridized carbons (Fsp3) is 0.750. The van der Waals surface area contributed by atoms with Gasteiger partial charge in [-0.3, -0.25) is 0 Å². The van der Waals surface area contributed by atoms with Gasteiger partial charge in [0.2, 0.25) is 0 Å². The lowest BCUT2D eigenvalue weighted by Crippen LogP contribution is -1.72. The van der Waals surface area contributed by atoms with Gasteiger partial charge < -0.3 is 0 Å².